The maximum Gasteiger partial charge on any atom is 0.201 e. The number of hydrogen-bond donors (Lipinski definition) is 1. The van der Waals surface area contributed by atoms with Crippen LogP contribution in [-0.2, 0) is 26.2 Å². The Bertz CT molecular complexity index is 1870. The minimum atomic E-state index is -2.54. The number of hydrogen-bond acceptors (Lipinski definition) is 3. The smallest absolute Gasteiger partial charge is 0.201 e. The summed E-state index contributed by atoms with van der Waals surface area (Å²) in [5.74, 6) is 0. The molecule has 0 aliphatic rings. The van der Waals surface area contributed by atoms with E-state index in [1.54, 1.807) is 0 Å². The average Bonchev–Trinajstić information content (AvgIpc) is 3.07. The quantitative estimate of drug-likeness (QED) is 0.125. The summed E-state index contributed by atoms with van der Waals surface area (Å²) in [7, 11) is -5.56. The topological polar surface area (TPSA) is 55.4 Å². The molecule has 0 aliphatic carbocycles. The molecule has 7 heteroatoms. The SMILES string of the molecule is Cc1ccc(S(=O)N[C@H](c2ccc3ccccc3c2)[C@@H](O[Si](C(C)C)(C(C)C)C(C)C)c2ccccc2S(=O)c2ccc(C)cc2)cc1. The molecule has 2 unspecified atom stereocenters. The van der Waals surface area contributed by atoms with Crippen molar-refractivity contribution >= 4 is 40.9 Å². The molecule has 5 aromatic carbocycles. The lowest BCUT2D eigenvalue weighted by Gasteiger charge is -2.46. The van der Waals surface area contributed by atoms with Gasteiger partial charge in [-0.3, -0.25) is 0 Å². The van der Waals surface area contributed by atoms with Crippen molar-refractivity contribution < 1.29 is 12.8 Å². The number of rotatable bonds is 13. The van der Waals surface area contributed by atoms with Crippen LogP contribution in [0.15, 0.2) is 130 Å². The molecule has 0 aliphatic heterocycles. The average molecular weight is 696 g/mol. The van der Waals surface area contributed by atoms with Crippen LogP contribution in [-0.4, -0.2) is 16.7 Å². The van der Waals surface area contributed by atoms with Crippen molar-refractivity contribution in [3.63, 3.8) is 0 Å². The largest absolute Gasteiger partial charge is 0.407 e. The fraction of sp³-hybridized carbons (Fsp3) is 0.317. The second-order valence-electron chi connectivity index (χ2n) is 13.8. The molecule has 0 bridgehead atoms. The maximum absolute atomic E-state index is 14.4. The first kappa shape index (κ1) is 36.1. The van der Waals surface area contributed by atoms with E-state index in [9.17, 15) is 8.42 Å². The summed E-state index contributed by atoms with van der Waals surface area (Å²) in [6.45, 7) is 17.7. The minimum absolute atomic E-state index is 0.301. The molecule has 0 heterocycles. The first-order chi connectivity index (χ1) is 22.9. The van der Waals surface area contributed by atoms with Gasteiger partial charge < -0.3 is 4.43 Å². The second kappa shape index (κ2) is 15.6. The van der Waals surface area contributed by atoms with E-state index in [1.165, 1.54) is 0 Å². The van der Waals surface area contributed by atoms with Crippen LogP contribution in [0.3, 0.4) is 0 Å². The Labute approximate surface area is 293 Å². The van der Waals surface area contributed by atoms with E-state index in [2.05, 4.69) is 82.7 Å². The molecular formula is C41H49NO3S2Si. The molecule has 48 heavy (non-hydrogen) atoms. The fourth-order valence-corrected chi connectivity index (χ4v) is 14.9. The van der Waals surface area contributed by atoms with Crippen molar-refractivity contribution in [2.45, 2.75) is 98.8 Å². The second-order valence-corrected chi connectivity index (χ2v) is 21.9. The van der Waals surface area contributed by atoms with Crippen LogP contribution < -0.4 is 4.72 Å². The highest BCUT2D eigenvalue weighted by atomic mass is 32.2. The van der Waals surface area contributed by atoms with Gasteiger partial charge in [-0.25, -0.2) is 13.1 Å². The summed E-state index contributed by atoms with van der Waals surface area (Å²) < 4.78 is 40.0. The molecule has 0 aromatic heterocycles. The van der Waals surface area contributed by atoms with Gasteiger partial charge in [0.1, 0.15) is 11.0 Å². The Kier molecular flexibility index (Phi) is 11.7. The van der Waals surface area contributed by atoms with E-state index in [4.69, 9.17) is 4.43 Å². The zero-order valence-corrected chi connectivity index (χ0v) is 32.0. The molecule has 0 spiro atoms. The molecule has 0 radical (unpaired) electrons. The van der Waals surface area contributed by atoms with Gasteiger partial charge in [0.25, 0.3) is 0 Å². The Balaban J connectivity index is 1.76. The van der Waals surface area contributed by atoms with Crippen LogP contribution >= 0.6 is 0 Å². The monoisotopic (exact) mass is 695 g/mol. The third-order valence-electron chi connectivity index (χ3n) is 9.60. The first-order valence-corrected chi connectivity index (χ1v) is 21.3. The summed E-state index contributed by atoms with van der Waals surface area (Å²) >= 11 is 0. The summed E-state index contributed by atoms with van der Waals surface area (Å²) in [5, 5.41) is 2.23. The van der Waals surface area contributed by atoms with Crippen LogP contribution in [0.2, 0.25) is 16.6 Å². The predicted molar refractivity (Wildman–Crippen MR) is 205 cm³/mol. The zero-order valence-electron chi connectivity index (χ0n) is 29.4. The van der Waals surface area contributed by atoms with Gasteiger partial charge in [0.15, 0.2) is 0 Å². The first-order valence-electron chi connectivity index (χ1n) is 16.9. The zero-order chi connectivity index (χ0) is 34.6. The van der Waals surface area contributed by atoms with Gasteiger partial charge in [-0.2, -0.15) is 0 Å². The van der Waals surface area contributed by atoms with Gasteiger partial charge in [-0.1, -0.05) is 132 Å². The summed E-state index contributed by atoms with van der Waals surface area (Å²) in [6, 6.07) is 37.9. The summed E-state index contributed by atoms with van der Waals surface area (Å²) in [5.41, 5.74) is 4.94. The molecule has 0 saturated carbocycles. The normalized spacial score (nSPS) is 14.8. The highest BCUT2D eigenvalue weighted by molar-refractivity contribution is 7.85. The van der Waals surface area contributed by atoms with E-state index in [0.717, 1.165) is 37.9 Å². The van der Waals surface area contributed by atoms with Crippen molar-refractivity contribution in [2.24, 2.45) is 0 Å². The number of aryl methyl sites for hydroxylation is 2. The molecule has 1 N–H and O–H groups in total. The van der Waals surface area contributed by atoms with Crippen LogP contribution in [0.1, 0.15) is 75.9 Å². The highest BCUT2D eigenvalue weighted by Crippen LogP contribution is 2.49. The molecule has 0 saturated heterocycles. The van der Waals surface area contributed by atoms with Gasteiger partial charge in [-0.15, -0.1) is 0 Å². The van der Waals surface area contributed by atoms with E-state index in [-0.39, 0.29) is 0 Å². The van der Waals surface area contributed by atoms with Crippen molar-refractivity contribution in [1.82, 2.24) is 4.72 Å². The molecule has 252 valence electrons. The third kappa shape index (κ3) is 7.66. The number of fused-ring (bicyclic) bond motifs is 1. The molecule has 4 atom stereocenters. The van der Waals surface area contributed by atoms with Crippen molar-refractivity contribution in [3.8, 4) is 0 Å². The Hall–Kier alpha value is -3.20. The standard InChI is InChI=1S/C41H49NO3S2Si/c1-28(2)48(29(3)4,30(5)6)45-41(38-15-11-12-16-39(38)46(43)36-23-17-31(7)18-24-36)40(42-47(44)37-25-19-32(8)20-26-37)35-22-21-33-13-9-10-14-34(33)27-35/h9-30,40-42H,1-8H3/t40-,41+,46?,47?/m1/s1. The van der Waals surface area contributed by atoms with Gasteiger partial charge in [0.2, 0.25) is 8.32 Å². The lowest BCUT2D eigenvalue weighted by Crippen LogP contribution is -2.50. The Morgan fingerprint density at radius 3 is 1.71 bits per heavy atom. The predicted octanol–water partition coefficient (Wildman–Crippen LogP) is 10.9. The molecular weight excluding hydrogens is 647 g/mol. The van der Waals surface area contributed by atoms with Crippen LogP contribution in [0, 0.1) is 13.8 Å². The maximum atomic E-state index is 14.4. The van der Waals surface area contributed by atoms with Gasteiger partial charge in [-0.05, 0) is 88.8 Å². The Morgan fingerprint density at radius 2 is 1.12 bits per heavy atom. The van der Waals surface area contributed by atoms with Crippen molar-refractivity contribution in [3.05, 3.63) is 138 Å². The molecule has 4 nitrogen and oxygen atoms in total. The molecule has 0 amide bonds. The van der Waals surface area contributed by atoms with Crippen molar-refractivity contribution in [1.29, 1.82) is 0 Å². The summed E-state index contributed by atoms with van der Waals surface area (Å²) in [6.07, 6.45) is -0.579. The third-order valence-corrected chi connectivity index (χ3v) is 18.3. The number of nitrogens with one attached hydrogen (secondary N) is 1. The lowest BCUT2D eigenvalue weighted by molar-refractivity contribution is 0.139. The van der Waals surface area contributed by atoms with Gasteiger partial charge in [0.05, 0.1) is 27.8 Å². The van der Waals surface area contributed by atoms with E-state index >= 15 is 0 Å². The Morgan fingerprint density at radius 1 is 0.604 bits per heavy atom. The van der Waals surface area contributed by atoms with Crippen LogP contribution in [0.25, 0.3) is 10.8 Å². The van der Waals surface area contributed by atoms with Gasteiger partial charge in [0, 0.05) is 9.79 Å². The molecule has 5 rings (SSSR count). The number of benzene rings is 5. The summed E-state index contributed by atoms with van der Waals surface area (Å²) in [4.78, 5) is 2.14. The van der Waals surface area contributed by atoms with E-state index in [0.29, 0.717) is 26.4 Å². The van der Waals surface area contributed by atoms with Gasteiger partial charge >= 0.3 is 0 Å². The van der Waals surface area contributed by atoms with Crippen LogP contribution in [0.4, 0.5) is 0 Å². The lowest BCUT2D eigenvalue weighted by atomic mass is 9.94. The van der Waals surface area contributed by atoms with Crippen LogP contribution in [0.5, 0.6) is 0 Å². The molecule has 5 aromatic rings. The fourth-order valence-electron chi connectivity index (χ4n) is 7.16. The van der Waals surface area contributed by atoms with Crippen molar-refractivity contribution in [2.75, 3.05) is 0 Å². The van der Waals surface area contributed by atoms with E-state index < -0.39 is 42.2 Å². The molecule has 0 fully saturated rings. The minimum Gasteiger partial charge on any atom is -0.407 e. The van der Waals surface area contributed by atoms with E-state index in [1.807, 2.05) is 92.7 Å². The highest BCUT2D eigenvalue weighted by Gasteiger charge is 2.48.